The van der Waals surface area contributed by atoms with Gasteiger partial charge in [-0.2, -0.15) is 0 Å². The molecule has 0 aliphatic carbocycles. The highest BCUT2D eigenvalue weighted by molar-refractivity contribution is 7.99. The molecule has 1 aromatic carbocycles. The van der Waals surface area contributed by atoms with Gasteiger partial charge in [-0.3, -0.25) is 4.79 Å². The van der Waals surface area contributed by atoms with Crippen molar-refractivity contribution in [1.29, 1.82) is 0 Å². The van der Waals surface area contributed by atoms with Gasteiger partial charge in [0.2, 0.25) is 21.1 Å². The number of thioether (sulfide) groups is 1. The average Bonchev–Trinajstić information content (AvgIpc) is 3.00. The Balaban J connectivity index is 1.75. The molecule has 0 saturated heterocycles. The predicted octanol–water partition coefficient (Wildman–Crippen LogP) is -0.0425. The molecule has 25 heavy (non-hydrogen) atoms. The van der Waals surface area contributed by atoms with Crippen LogP contribution in [0.25, 0.3) is 0 Å². The SMILES string of the molecule is C=CCn1nnnc1SCC(=O)NCCc1ccc(S(N)(=O)=O)cc1. The van der Waals surface area contributed by atoms with Crippen molar-refractivity contribution < 1.29 is 13.2 Å². The number of carbonyl (C=O) groups excluding carboxylic acids is 1. The first kappa shape index (κ1) is 19.1. The van der Waals surface area contributed by atoms with Gasteiger partial charge in [0, 0.05) is 6.54 Å². The van der Waals surface area contributed by atoms with Gasteiger partial charge in [-0.05, 0) is 34.5 Å². The maximum absolute atomic E-state index is 11.9. The number of sulfonamides is 1. The summed E-state index contributed by atoms with van der Waals surface area (Å²) in [6, 6.07) is 6.23. The van der Waals surface area contributed by atoms with E-state index >= 15 is 0 Å². The fourth-order valence-corrected chi connectivity index (χ4v) is 3.14. The smallest absolute Gasteiger partial charge is 0.238 e. The van der Waals surface area contributed by atoms with Crippen LogP contribution < -0.4 is 10.5 Å². The second-order valence-corrected chi connectivity index (χ2v) is 7.51. The van der Waals surface area contributed by atoms with Crippen molar-refractivity contribution in [2.45, 2.75) is 23.0 Å². The van der Waals surface area contributed by atoms with Gasteiger partial charge in [-0.25, -0.2) is 18.2 Å². The van der Waals surface area contributed by atoms with E-state index in [1.165, 1.54) is 23.9 Å². The van der Waals surface area contributed by atoms with E-state index in [4.69, 9.17) is 5.14 Å². The number of aromatic nitrogens is 4. The van der Waals surface area contributed by atoms with Gasteiger partial charge in [0.05, 0.1) is 17.2 Å². The maximum atomic E-state index is 11.9. The standard InChI is InChI=1S/C14H18N6O3S2/c1-2-9-20-14(17-18-19-20)24-10-13(21)16-8-7-11-3-5-12(6-4-11)25(15,22)23/h2-6H,1,7-10H2,(H,16,21)(H2,15,22,23). The Morgan fingerprint density at radius 2 is 2.08 bits per heavy atom. The number of allylic oxidation sites excluding steroid dienone is 1. The Kier molecular flexibility index (Phi) is 6.67. The Hall–Kier alpha value is -2.24. The molecule has 1 heterocycles. The third-order valence-electron chi connectivity index (χ3n) is 3.12. The average molecular weight is 382 g/mol. The number of nitrogens with one attached hydrogen (secondary N) is 1. The molecular weight excluding hydrogens is 364 g/mol. The molecular formula is C14H18N6O3S2. The lowest BCUT2D eigenvalue weighted by molar-refractivity contribution is -0.118. The monoisotopic (exact) mass is 382 g/mol. The molecule has 1 amide bonds. The van der Waals surface area contributed by atoms with Gasteiger partial charge >= 0.3 is 0 Å². The van der Waals surface area contributed by atoms with Gasteiger partial charge in [0.15, 0.2) is 0 Å². The molecule has 1 aromatic heterocycles. The summed E-state index contributed by atoms with van der Waals surface area (Å²) in [6.07, 6.45) is 2.25. The van der Waals surface area contributed by atoms with Gasteiger partial charge in [0.1, 0.15) is 0 Å². The zero-order valence-corrected chi connectivity index (χ0v) is 15.0. The van der Waals surface area contributed by atoms with E-state index in [1.807, 2.05) is 0 Å². The van der Waals surface area contributed by atoms with Crippen molar-refractivity contribution in [2.24, 2.45) is 5.14 Å². The summed E-state index contributed by atoms with van der Waals surface area (Å²) < 4.78 is 23.9. The maximum Gasteiger partial charge on any atom is 0.238 e. The van der Waals surface area contributed by atoms with Crippen molar-refractivity contribution in [3.8, 4) is 0 Å². The molecule has 0 atom stereocenters. The van der Waals surface area contributed by atoms with E-state index in [0.29, 0.717) is 24.7 Å². The normalized spacial score (nSPS) is 11.2. The van der Waals surface area contributed by atoms with E-state index in [9.17, 15) is 13.2 Å². The first-order valence-electron chi connectivity index (χ1n) is 7.28. The van der Waals surface area contributed by atoms with Crippen LogP contribution in [0, 0.1) is 0 Å². The number of rotatable bonds is 9. The zero-order chi connectivity index (χ0) is 18.3. The summed E-state index contributed by atoms with van der Waals surface area (Å²) in [5.74, 6) is 0.0568. The minimum absolute atomic E-state index is 0.0638. The molecule has 0 aliphatic heterocycles. The van der Waals surface area contributed by atoms with Crippen LogP contribution in [0.5, 0.6) is 0 Å². The molecule has 134 valence electrons. The Bertz CT molecular complexity index is 833. The summed E-state index contributed by atoms with van der Waals surface area (Å²) in [5.41, 5.74) is 0.898. The lowest BCUT2D eigenvalue weighted by Gasteiger charge is -2.06. The van der Waals surface area contributed by atoms with Crippen LogP contribution in [0.2, 0.25) is 0 Å². The van der Waals surface area contributed by atoms with Gasteiger partial charge in [0.25, 0.3) is 0 Å². The van der Waals surface area contributed by atoms with Gasteiger partial charge < -0.3 is 5.32 Å². The number of amides is 1. The minimum Gasteiger partial charge on any atom is -0.355 e. The highest BCUT2D eigenvalue weighted by Crippen LogP contribution is 2.13. The molecule has 0 aliphatic rings. The van der Waals surface area contributed by atoms with E-state index in [1.54, 1.807) is 22.9 Å². The van der Waals surface area contributed by atoms with Crippen molar-refractivity contribution in [2.75, 3.05) is 12.3 Å². The first-order chi connectivity index (χ1) is 11.9. The van der Waals surface area contributed by atoms with Crippen molar-refractivity contribution >= 4 is 27.7 Å². The lowest BCUT2D eigenvalue weighted by Crippen LogP contribution is -2.27. The highest BCUT2D eigenvalue weighted by Gasteiger charge is 2.09. The molecule has 0 fully saturated rings. The highest BCUT2D eigenvalue weighted by atomic mass is 32.2. The summed E-state index contributed by atoms with van der Waals surface area (Å²) in [4.78, 5) is 11.9. The fraction of sp³-hybridized carbons (Fsp3) is 0.286. The number of hydrogen-bond acceptors (Lipinski definition) is 7. The molecule has 11 heteroatoms. The predicted molar refractivity (Wildman–Crippen MR) is 93.3 cm³/mol. The number of hydrogen-bond donors (Lipinski definition) is 2. The third-order valence-corrected chi connectivity index (χ3v) is 5.01. The van der Waals surface area contributed by atoms with Gasteiger partial charge in [-0.15, -0.1) is 11.7 Å². The number of tetrazole rings is 1. The van der Waals surface area contributed by atoms with Crippen LogP contribution >= 0.6 is 11.8 Å². The Labute approximate surface area is 149 Å². The fourth-order valence-electron chi connectivity index (χ4n) is 1.91. The molecule has 0 saturated carbocycles. The van der Waals surface area contributed by atoms with E-state index in [2.05, 4.69) is 27.4 Å². The Morgan fingerprint density at radius 3 is 2.72 bits per heavy atom. The number of carbonyl (C=O) groups is 1. The topological polar surface area (TPSA) is 133 Å². The first-order valence-corrected chi connectivity index (χ1v) is 9.81. The molecule has 2 aromatic rings. The third kappa shape index (κ3) is 5.96. The van der Waals surface area contributed by atoms with Crippen LogP contribution in [-0.4, -0.2) is 46.8 Å². The number of nitrogens with zero attached hydrogens (tertiary/aromatic N) is 4. The van der Waals surface area contributed by atoms with Crippen LogP contribution in [0.3, 0.4) is 0 Å². The van der Waals surface area contributed by atoms with Crippen LogP contribution in [0.4, 0.5) is 0 Å². The van der Waals surface area contributed by atoms with E-state index < -0.39 is 10.0 Å². The Morgan fingerprint density at radius 1 is 1.36 bits per heavy atom. The second kappa shape index (κ2) is 8.74. The lowest BCUT2D eigenvalue weighted by atomic mass is 10.1. The summed E-state index contributed by atoms with van der Waals surface area (Å²) >= 11 is 1.24. The van der Waals surface area contributed by atoms with E-state index in [0.717, 1.165) is 5.56 Å². The molecule has 3 N–H and O–H groups in total. The summed E-state index contributed by atoms with van der Waals surface area (Å²) in [5, 5.41) is 19.6. The molecule has 0 unspecified atom stereocenters. The minimum atomic E-state index is -3.69. The molecule has 2 rings (SSSR count). The van der Waals surface area contributed by atoms with Crippen molar-refractivity contribution in [3.05, 3.63) is 42.5 Å². The van der Waals surface area contributed by atoms with Crippen LogP contribution in [-0.2, 0) is 27.8 Å². The number of primary sulfonamides is 1. The van der Waals surface area contributed by atoms with Crippen LogP contribution in [0.15, 0.2) is 47.0 Å². The number of nitrogens with two attached hydrogens (primary N) is 1. The molecule has 9 nitrogen and oxygen atoms in total. The van der Waals surface area contributed by atoms with Crippen LogP contribution in [0.1, 0.15) is 5.56 Å². The quantitative estimate of drug-likeness (QED) is 0.459. The van der Waals surface area contributed by atoms with Crippen molar-refractivity contribution in [3.63, 3.8) is 0 Å². The number of benzene rings is 1. The summed E-state index contributed by atoms with van der Waals surface area (Å²) in [6.45, 7) is 4.53. The zero-order valence-electron chi connectivity index (χ0n) is 13.3. The molecule has 0 radical (unpaired) electrons. The second-order valence-electron chi connectivity index (χ2n) is 5.01. The van der Waals surface area contributed by atoms with Crippen molar-refractivity contribution in [1.82, 2.24) is 25.5 Å². The van der Waals surface area contributed by atoms with E-state index in [-0.39, 0.29) is 16.6 Å². The summed E-state index contributed by atoms with van der Waals surface area (Å²) in [7, 11) is -3.69. The molecule has 0 spiro atoms. The van der Waals surface area contributed by atoms with Gasteiger partial charge in [-0.1, -0.05) is 30.0 Å². The molecule has 0 bridgehead atoms. The largest absolute Gasteiger partial charge is 0.355 e.